The molecule has 0 saturated heterocycles. The van der Waals surface area contributed by atoms with E-state index in [0.29, 0.717) is 71.2 Å². The van der Waals surface area contributed by atoms with Crippen molar-refractivity contribution in [1.82, 2.24) is 0 Å². The van der Waals surface area contributed by atoms with Crippen molar-refractivity contribution < 1.29 is 4.92 Å². The fourth-order valence-corrected chi connectivity index (χ4v) is 6.16. The van der Waals surface area contributed by atoms with Crippen molar-refractivity contribution in [3.05, 3.63) is 158 Å². The van der Waals surface area contributed by atoms with Crippen LogP contribution in [0.4, 0.5) is 5.69 Å². The molecule has 0 bridgehead atoms. The van der Waals surface area contributed by atoms with Crippen molar-refractivity contribution in [3.8, 4) is 73.8 Å². The van der Waals surface area contributed by atoms with E-state index >= 15 is 0 Å². The average molecular weight is 648 g/mol. The van der Waals surface area contributed by atoms with E-state index in [1.54, 1.807) is 103 Å². The van der Waals surface area contributed by atoms with E-state index < -0.39 is 4.92 Å². The topological polar surface area (TPSA) is 115 Å². The molecular weight excluding hydrogens is 627 g/mol. The first kappa shape index (κ1) is 30.8. The van der Waals surface area contributed by atoms with Gasteiger partial charge in [0.25, 0.3) is 5.69 Å². The molecule has 6 nitrogen and oxygen atoms in total. The van der Waals surface area contributed by atoms with Crippen LogP contribution < -0.4 is 0 Å². The monoisotopic (exact) mass is 646 g/mol. The van der Waals surface area contributed by atoms with Crippen LogP contribution in [0.2, 0.25) is 10.0 Å². The first-order chi connectivity index (χ1) is 22.8. The molecule has 0 N–H and O–H groups in total. The zero-order chi connectivity index (χ0) is 33.1. The number of halogens is 2. The van der Waals surface area contributed by atoms with Gasteiger partial charge in [-0.15, -0.1) is 0 Å². The van der Waals surface area contributed by atoms with Gasteiger partial charge in [0.15, 0.2) is 0 Å². The van der Waals surface area contributed by atoms with E-state index in [-0.39, 0.29) is 16.8 Å². The van der Waals surface area contributed by atoms with E-state index in [9.17, 15) is 25.9 Å². The lowest BCUT2D eigenvalue weighted by atomic mass is 9.76. The molecule has 0 aromatic heterocycles. The van der Waals surface area contributed by atoms with Gasteiger partial charge in [0, 0.05) is 26.7 Å². The second kappa shape index (κ2) is 13.0. The Balaban J connectivity index is 1.99. The second-order valence-electron chi connectivity index (χ2n) is 10.5. The van der Waals surface area contributed by atoms with Crippen LogP contribution in [0.15, 0.2) is 121 Å². The van der Waals surface area contributed by atoms with Crippen LogP contribution in [0.5, 0.6) is 0 Å². The number of nitriles is 3. The maximum atomic E-state index is 13.5. The maximum Gasteiger partial charge on any atom is 0.286 e. The Labute approximate surface area is 280 Å². The molecule has 0 saturated carbocycles. The van der Waals surface area contributed by atoms with Crippen LogP contribution in [0.3, 0.4) is 0 Å². The van der Waals surface area contributed by atoms with E-state index in [1.165, 1.54) is 0 Å². The van der Waals surface area contributed by atoms with E-state index in [1.807, 2.05) is 18.2 Å². The first-order valence-electron chi connectivity index (χ1n) is 14.3. The molecule has 0 aliphatic rings. The lowest BCUT2D eigenvalue weighted by Gasteiger charge is -2.25. The highest BCUT2D eigenvalue weighted by Gasteiger charge is 2.35. The van der Waals surface area contributed by atoms with Gasteiger partial charge in [-0.25, -0.2) is 0 Å². The quantitative estimate of drug-likeness (QED) is 0.132. The second-order valence-corrected chi connectivity index (χ2v) is 11.4. The predicted molar refractivity (Wildman–Crippen MR) is 184 cm³/mol. The molecule has 0 spiro atoms. The molecule has 6 rings (SSSR count). The van der Waals surface area contributed by atoms with Gasteiger partial charge in [-0.05, 0) is 82.4 Å². The molecule has 0 atom stereocenters. The highest BCUT2D eigenvalue weighted by Crippen LogP contribution is 2.56. The summed E-state index contributed by atoms with van der Waals surface area (Å²) in [4.78, 5) is 13.1. The summed E-state index contributed by atoms with van der Waals surface area (Å²) in [5.74, 6) is 0. The van der Waals surface area contributed by atoms with Gasteiger partial charge in [-0.3, -0.25) is 10.1 Å². The van der Waals surface area contributed by atoms with Gasteiger partial charge in [0.05, 0.1) is 50.9 Å². The molecular formula is C39H20Cl2N4O2. The van der Waals surface area contributed by atoms with E-state index in [0.717, 1.165) is 0 Å². The number of nitro groups is 1. The molecule has 0 aliphatic heterocycles. The molecule has 0 unspecified atom stereocenters. The van der Waals surface area contributed by atoms with Crippen LogP contribution in [0, 0.1) is 44.1 Å². The molecule has 0 radical (unpaired) electrons. The van der Waals surface area contributed by atoms with Crippen molar-refractivity contribution in [2.75, 3.05) is 0 Å². The van der Waals surface area contributed by atoms with E-state index in [4.69, 9.17) is 23.2 Å². The molecule has 0 fully saturated rings. The van der Waals surface area contributed by atoms with Crippen LogP contribution in [0.1, 0.15) is 16.7 Å². The van der Waals surface area contributed by atoms with Crippen molar-refractivity contribution in [2.45, 2.75) is 0 Å². The summed E-state index contributed by atoms with van der Waals surface area (Å²) in [6.07, 6.45) is 0. The minimum absolute atomic E-state index is 0.227. The SMILES string of the molecule is N#Cc1ccc(-c2c(-c3cccc(Cl)c3)c(-c3ccc(Cl)cc3)c(-c3ccccc3C#N)c(-c3cccc(C#N)c3)c2[N+](=O)[O-])cc1. The summed E-state index contributed by atoms with van der Waals surface area (Å²) in [6, 6.07) is 40.8. The lowest BCUT2D eigenvalue weighted by Crippen LogP contribution is -2.05. The van der Waals surface area contributed by atoms with Crippen LogP contribution in [-0.4, -0.2) is 4.92 Å². The largest absolute Gasteiger partial charge is 0.286 e. The van der Waals surface area contributed by atoms with Crippen LogP contribution >= 0.6 is 23.2 Å². The summed E-state index contributed by atoms with van der Waals surface area (Å²) in [6.45, 7) is 0. The summed E-state index contributed by atoms with van der Waals surface area (Å²) >= 11 is 12.9. The Morgan fingerprint density at radius 3 is 1.72 bits per heavy atom. The minimum atomic E-state index is -0.430. The van der Waals surface area contributed by atoms with Crippen LogP contribution in [0.25, 0.3) is 55.6 Å². The fraction of sp³-hybridized carbons (Fsp3) is 0. The Kier molecular flexibility index (Phi) is 8.52. The third-order valence-electron chi connectivity index (χ3n) is 7.80. The summed E-state index contributed by atoms with van der Waals surface area (Å²) in [7, 11) is 0. The van der Waals surface area contributed by atoms with Gasteiger partial charge in [0.1, 0.15) is 0 Å². The molecule has 0 heterocycles. The van der Waals surface area contributed by atoms with Crippen LogP contribution in [-0.2, 0) is 0 Å². The average Bonchev–Trinajstić information content (AvgIpc) is 3.10. The molecule has 0 amide bonds. The number of hydrogen-bond acceptors (Lipinski definition) is 5. The van der Waals surface area contributed by atoms with Gasteiger partial charge >= 0.3 is 0 Å². The third kappa shape index (κ3) is 5.82. The normalized spacial score (nSPS) is 10.4. The van der Waals surface area contributed by atoms with Crippen molar-refractivity contribution in [3.63, 3.8) is 0 Å². The number of rotatable bonds is 6. The van der Waals surface area contributed by atoms with Gasteiger partial charge < -0.3 is 0 Å². The van der Waals surface area contributed by atoms with E-state index in [2.05, 4.69) is 18.2 Å². The van der Waals surface area contributed by atoms with Gasteiger partial charge in [-0.1, -0.05) is 89.9 Å². The van der Waals surface area contributed by atoms with Gasteiger partial charge in [-0.2, -0.15) is 15.8 Å². The molecule has 47 heavy (non-hydrogen) atoms. The molecule has 0 aliphatic carbocycles. The third-order valence-corrected chi connectivity index (χ3v) is 8.29. The molecule has 8 heteroatoms. The molecule has 222 valence electrons. The van der Waals surface area contributed by atoms with Crippen molar-refractivity contribution in [1.29, 1.82) is 15.8 Å². The zero-order valence-corrected chi connectivity index (χ0v) is 25.9. The molecule has 6 aromatic carbocycles. The Morgan fingerprint density at radius 2 is 1.09 bits per heavy atom. The Morgan fingerprint density at radius 1 is 0.511 bits per heavy atom. The summed E-state index contributed by atoms with van der Waals surface area (Å²) in [5.41, 5.74) is 5.43. The number of nitro benzene ring substituents is 1. The number of benzene rings is 6. The van der Waals surface area contributed by atoms with Gasteiger partial charge in [0.2, 0.25) is 0 Å². The lowest BCUT2D eigenvalue weighted by molar-refractivity contribution is -0.383. The Hall–Kier alpha value is -6.23. The molecule has 6 aromatic rings. The fourth-order valence-electron chi connectivity index (χ4n) is 5.84. The highest BCUT2D eigenvalue weighted by atomic mass is 35.5. The van der Waals surface area contributed by atoms with Crippen molar-refractivity contribution in [2.24, 2.45) is 0 Å². The number of nitrogens with zero attached hydrogens (tertiary/aromatic N) is 4. The first-order valence-corrected chi connectivity index (χ1v) is 15.0. The summed E-state index contributed by atoms with van der Waals surface area (Å²) in [5, 5.41) is 44.1. The number of hydrogen-bond donors (Lipinski definition) is 0. The predicted octanol–water partition coefficient (Wildman–Crippen LogP) is 10.9. The minimum Gasteiger partial charge on any atom is -0.258 e. The highest BCUT2D eigenvalue weighted by molar-refractivity contribution is 6.31. The smallest absolute Gasteiger partial charge is 0.258 e. The van der Waals surface area contributed by atoms with Crippen molar-refractivity contribution >= 4 is 28.9 Å². The standard InChI is InChI=1S/C39H20Cl2N4O2/c40-31-17-15-26(16-18-31)34-35(29-8-4-9-32(41)20-29)36(27-13-11-24(21-42)12-14-27)39(45(46)47)37(28-7-3-5-25(19-28)22-43)38(34)33-10-2-1-6-30(33)23-44/h1-20H. The zero-order valence-electron chi connectivity index (χ0n) is 24.4. The summed E-state index contributed by atoms with van der Waals surface area (Å²) < 4.78 is 0. The maximum absolute atomic E-state index is 13.5. The Bertz CT molecular complexity index is 2330.